The number of pyridine rings is 2. The number of fused-ring (bicyclic) bond motifs is 3. The quantitative estimate of drug-likeness (QED) is 0.164. The van der Waals surface area contributed by atoms with Gasteiger partial charge in [0.1, 0.15) is 6.54 Å². The van der Waals surface area contributed by atoms with Crippen molar-refractivity contribution in [3.05, 3.63) is 125 Å². The molecule has 3 aromatic carbocycles. The Balaban J connectivity index is 1.66. The number of nitrogens with one attached hydrogen (secondary N) is 1. The first-order valence-electron chi connectivity index (χ1n) is 15.1. The Morgan fingerprint density at radius 2 is 1.57 bits per heavy atom. The molecule has 0 spiro atoms. The van der Waals surface area contributed by atoms with E-state index < -0.39 is 24.5 Å². The summed E-state index contributed by atoms with van der Waals surface area (Å²) in [7, 11) is 0. The van der Waals surface area contributed by atoms with Crippen molar-refractivity contribution in [3.63, 3.8) is 0 Å². The highest BCUT2D eigenvalue weighted by Gasteiger charge is 2.40. The number of carbonyl (C=O) groups excluding carboxylic acids is 2. The van der Waals surface area contributed by atoms with Crippen molar-refractivity contribution in [2.75, 3.05) is 12.3 Å². The third kappa shape index (κ3) is 5.76. The summed E-state index contributed by atoms with van der Waals surface area (Å²) in [4.78, 5) is 37.6. The lowest BCUT2D eigenvalue weighted by molar-refractivity contribution is -0.138. The summed E-state index contributed by atoms with van der Waals surface area (Å²) in [5.41, 5.74) is 12.9. The molecule has 232 valence electrons. The van der Waals surface area contributed by atoms with Crippen LogP contribution in [-0.4, -0.2) is 34.4 Å². The van der Waals surface area contributed by atoms with Crippen molar-refractivity contribution < 1.29 is 22.8 Å². The number of ketones is 1. The molecule has 6 nitrogen and oxygen atoms in total. The first kappa shape index (κ1) is 30.7. The van der Waals surface area contributed by atoms with Crippen molar-refractivity contribution in [1.82, 2.24) is 15.3 Å². The number of carbonyl (C=O) groups is 2. The fourth-order valence-corrected chi connectivity index (χ4v) is 6.28. The van der Waals surface area contributed by atoms with Crippen LogP contribution < -0.4 is 11.1 Å². The maximum absolute atomic E-state index is 14.8. The summed E-state index contributed by atoms with van der Waals surface area (Å²) in [6, 6.07) is 25.0. The molecule has 2 aromatic heterocycles. The van der Waals surface area contributed by atoms with Gasteiger partial charge in [-0.3, -0.25) is 19.6 Å². The van der Waals surface area contributed by atoms with E-state index in [0.29, 0.717) is 80.0 Å². The van der Waals surface area contributed by atoms with E-state index in [2.05, 4.69) is 15.3 Å². The van der Waals surface area contributed by atoms with Gasteiger partial charge in [0, 0.05) is 34.6 Å². The van der Waals surface area contributed by atoms with Crippen LogP contribution in [0.4, 0.5) is 18.9 Å². The van der Waals surface area contributed by atoms with Gasteiger partial charge in [0.2, 0.25) is 5.91 Å². The number of nitrogen functional groups attached to an aromatic ring is 1. The summed E-state index contributed by atoms with van der Waals surface area (Å²) < 4.78 is 39.7. The zero-order chi connectivity index (χ0) is 32.4. The zero-order valence-electron chi connectivity index (χ0n) is 25.1. The van der Waals surface area contributed by atoms with E-state index >= 15 is 0 Å². The van der Waals surface area contributed by atoms with Crippen LogP contribution in [0.3, 0.4) is 0 Å². The zero-order valence-corrected chi connectivity index (χ0v) is 25.1. The monoisotopic (exact) mass is 620 g/mol. The van der Waals surface area contributed by atoms with E-state index in [0.717, 1.165) is 6.42 Å². The predicted molar refractivity (Wildman–Crippen MR) is 172 cm³/mol. The van der Waals surface area contributed by atoms with Crippen LogP contribution in [0.1, 0.15) is 58.3 Å². The van der Waals surface area contributed by atoms with Crippen LogP contribution in [-0.2, 0) is 11.2 Å². The molecule has 0 saturated carbocycles. The number of nitrogens with two attached hydrogens (primary N) is 1. The molecule has 3 N–H and O–H groups in total. The number of benzene rings is 3. The number of amides is 1. The number of rotatable bonds is 9. The Bertz CT molecular complexity index is 1940. The Labute approximate surface area is 264 Å². The molecule has 1 unspecified atom stereocenters. The van der Waals surface area contributed by atoms with E-state index in [9.17, 15) is 22.8 Å². The number of nitrogens with zero attached hydrogens (tertiary/aromatic N) is 2. The third-order valence-corrected chi connectivity index (χ3v) is 8.26. The van der Waals surface area contributed by atoms with Crippen LogP contribution >= 0.6 is 0 Å². The van der Waals surface area contributed by atoms with Gasteiger partial charge < -0.3 is 11.1 Å². The van der Waals surface area contributed by atoms with Crippen molar-refractivity contribution >= 4 is 17.4 Å². The Kier molecular flexibility index (Phi) is 8.41. The molecule has 2 heterocycles. The molecule has 5 aromatic rings. The number of hydrogen-bond acceptors (Lipinski definition) is 5. The highest BCUT2D eigenvalue weighted by molar-refractivity contribution is 6.18. The second-order valence-corrected chi connectivity index (χ2v) is 11.2. The van der Waals surface area contributed by atoms with Gasteiger partial charge in [0.15, 0.2) is 5.78 Å². The minimum Gasteiger partial charge on any atom is -0.397 e. The van der Waals surface area contributed by atoms with Crippen LogP contribution in [0.2, 0.25) is 0 Å². The Morgan fingerprint density at radius 3 is 2.28 bits per heavy atom. The maximum atomic E-state index is 14.8. The first-order valence-corrected chi connectivity index (χ1v) is 15.1. The SMILES string of the molecule is CCCCc1c(-c2ncccc2N)c(C(=O)c2ccccc2-c2ccccn2)cc2c1C(C(=O)NCC(F)(F)F)c1ccccc1-2. The normalized spacial score (nSPS) is 13.6. The lowest BCUT2D eigenvalue weighted by Crippen LogP contribution is -2.37. The summed E-state index contributed by atoms with van der Waals surface area (Å²) in [5, 5.41) is 2.11. The number of unbranched alkanes of at least 4 members (excludes halogenated alkanes) is 1. The van der Waals surface area contributed by atoms with Gasteiger partial charge >= 0.3 is 6.18 Å². The first-order chi connectivity index (χ1) is 22.2. The smallest absolute Gasteiger partial charge is 0.397 e. The maximum Gasteiger partial charge on any atom is 0.405 e. The minimum atomic E-state index is -4.58. The average Bonchev–Trinajstić information content (AvgIpc) is 3.40. The van der Waals surface area contributed by atoms with Gasteiger partial charge in [-0.25, -0.2) is 0 Å². The molecule has 6 rings (SSSR count). The van der Waals surface area contributed by atoms with Crippen LogP contribution in [0.25, 0.3) is 33.6 Å². The largest absolute Gasteiger partial charge is 0.405 e. The fraction of sp³-hybridized carbons (Fsp3) is 0.189. The van der Waals surface area contributed by atoms with Gasteiger partial charge in [-0.1, -0.05) is 67.9 Å². The lowest BCUT2D eigenvalue weighted by atomic mass is 9.81. The van der Waals surface area contributed by atoms with Gasteiger partial charge in [-0.05, 0) is 71.0 Å². The molecule has 46 heavy (non-hydrogen) atoms. The molecule has 0 radical (unpaired) electrons. The van der Waals surface area contributed by atoms with E-state index in [1.54, 1.807) is 60.9 Å². The topological polar surface area (TPSA) is 98.0 Å². The van der Waals surface area contributed by atoms with Crippen molar-refractivity contribution in [3.8, 4) is 33.6 Å². The second kappa shape index (κ2) is 12.6. The van der Waals surface area contributed by atoms with E-state index in [1.165, 1.54) is 0 Å². The molecule has 0 aliphatic heterocycles. The molecule has 9 heteroatoms. The third-order valence-electron chi connectivity index (χ3n) is 8.26. The molecule has 1 aliphatic carbocycles. The summed E-state index contributed by atoms with van der Waals surface area (Å²) in [5.74, 6) is -2.07. The molecule has 1 atom stereocenters. The molecule has 0 fully saturated rings. The molecule has 0 bridgehead atoms. The van der Waals surface area contributed by atoms with Crippen molar-refractivity contribution in [2.45, 2.75) is 38.3 Å². The van der Waals surface area contributed by atoms with Gasteiger partial charge in [-0.2, -0.15) is 13.2 Å². The predicted octanol–water partition coefficient (Wildman–Crippen LogP) is 7.76. The van der Waals surface area contributed by atoms with Crippen molar-refractivity contribution in [2.24, 2.45) is 0 Å². The van der Waals surface area contributed by atoms with Gasteiger partial charge in [0.25, 0.3) is 0 Å². The van der Waals surface area contributed by atoms with Gasteiger partial charge in [-0.15, -0.1) is 0 Å². The van der Waals surface area contributed by atoms with Crippen LogP contribution in [0.5, 0.6) is 0 Å². The number of hydrogen-bond donors (Lipinski definition) is 2. The highest BCUT2D eigenvalue weighted by atomic mass is 19.4. The van der Waals surface area contributed by atoms with E-state index in [-0.39, 0.29) is 5.78 Å². The fourth-order valence-electron chi connectivity index (χ4n) is 6.28. The summed E-state index contributed by atoms with van der Waals surface area (Å²) >= 11 is 0. The van der Waals surface area contributed by atoms with Gasteiger partial charge in [0.05, 0.1) is 23.0 Å². The lowest BCUT2D eigenvalue weighted by Gasteiger charge is -2.23. The number of halogens is 3. The Morgan fingerprint density at radius 1 is 0.848 bits per heavy atom. The second-order valence-electron chi connectivity index (χ2n) is 11.2. The van der Waals surface area contributed by atoms with Crippen LogP contribution in [0.15, 0.2) is 97.3 Å². The van der Waals surface area contributed by atoms with Crippen LogP contribution in [0, 0.1) is 0 Å². The molecule has 1 aliphatic rings. The summed E-state index contributed by atoms with van der Waals surface area (Å²) in [6.07, 6.45) is 0.611. The highest BCUT2D eigenvalue weighted by Crippen LogP contribution is 2.51. The van der Waals surface area contributed by atoms with E-state index in [1.807, 2.05) is 43.3 Å². The number of anilines is 1. The van der Waals surface area contributed by atoms with Crippen molar-refractivity contribution in [1.29, 1.82) is 0 Å². The summed E-state index contributed by atoms with van der Waals surface area (Å²) in [6.45, 7) is 0.570. The minimum absolute atomic E-state index is 0.288. The molecule has 1 amide bonds. The Hall–Kier alpha value is -5.31. The molecule has 0 saturated heterocycles. The molecular formula is C37H31F3N4O2. The number of aromatic nitrogens is 2. The average molecular weight is 621 g/mol. The number of alkyl halides is 3. The van der Waals surface area contributed by atoms with E-state index in [4.69, 9.17) is 5.73 Å². The standard InChI is InChI=1S/C37H31F3N4O2/c1-2-3-11-26-31-27(22-12-4-6-14-24(22)33(31)36(46)44-21-37(38,39)40)20-28(32(26)34-29(41)16-10-19-43-34)35(45)25-15-7-5-13-23(25)30-17-8-9-18-42-30/h4-10,12-20,33H,2-3,11,21,41H2,1H3,(H,44,46). The molecular weight excluding hydrogens is 589 g/mol.